The zero-order chi connectivity index (χ0) is 39.7. The molecule has 0 bridgehead atoms. The molecule has 0 radical (unpaired) electrons. The second-order valence-corrected chi connectivity index (χ2v) is 19.8. The van der Waals surface area contributed by atoms with Crippen LogP contribution >= 0.6 is 7.94 Å². The SMILES string of the molecule is CCC(C)c1cc(C(C)CC)c2cc(C3(c4cc5c(C(C)CC)cc(C(C)CC)cc5cc4C(C)CC)CCC([P+](O)(O)O)CC3)c(C(C)CC)cc2c1. The third kappa shape index (κ3) is 8.23. The smallest absolute Gasteiger partial charge is 0.193 e. The van der Waals surface area contributed by atoms with E-state index in [0.29, 0.717) is 48.3 Å². The van der Waals surface area contributed by atoms with Crippen molar-refractivity contribution < 1.29 is 14.7 Å². The summed E-state index contributed by atoms with van der Waals surface area (Å²) in [6.07, 6.45) is 9.23. The predicted octanol–water partition coefficient (Wildman–Crippen LogP) is 15.0. The van der Waals surface area contributed by atoms with Crippen LogP contribution in [0.25, 0.3) is 21.5 Å². The topological polar surface area (TPSA) is 60.7 Å². The molecule has 0 spiro atoms. The maximum atomic E-state index is 10.7. The number of rotatable bonds is 15. The molecule has 4 aromatic rings. The Morgan fingerprint density at radius 2 is 0.815 bits per heavy atom. The molecule has 5 rings (SSSR count). The van der Waals surface area contributed by atoms with Crippen LogP contribution in [0, 0.1) is 0 Å². The minimum atomic E-state index is -3.97. The van der Waals surface area contributed by atoms with Gasteiger partial charge in [0.05, 0.1) is 0 Å². The maximum absolute atomic E-state index is 10.7. The number of hydrogen-bond acceptors (Lipinski definition) is 3. The lowest BCUT2D eigenvalue weighted by molar-refractivity contribution is 0.269. The van der Waals surface area contributed by atoms with Crippen LogP contribution in [0.5, 0.6) is 0 Å². The van der Waals surface area contributed by atoms with Gasteiger partial charge in [0, 0.05) is 5.41 Å². The Morgan fingerprint density at radius 3 is 1.13 bits per heavy atom. The first kappa shape index (κ1) is 42.8. The van der Waals surface area contributed by atoms with Crippen LogP contribution in [-0.2, 0) is 5.41 Å². The molecule has 1 aliphatic carbocycles. The van der Waals surface area contributed by atoms with Crippen molar-refractivity contribution in [3.8, 4) is 0 Å². The molecular weight excluding hydrogens is 680 g/mol. The summed E-state index contributed by atoms with van der Waals surface area (Å²) in [5.74, 6) is 2.59. The molecule has 1 aliphatic rings. The molecule has 296 valence electrons. The maximum Gasteiger partial charge on any atom is 0.406 e. The third-order valence-corrected chi connectivity index (χ3v) is 16.1. The second kappa shape index (κ2) is 17.5. The van der Waals surface area contributed by atoms with E-state index in [9.17, 15) is 14.7 Å². The van der Waals surface area contributed by atoms with Crippen molar-refractivity contribution in [1.29, 1.82) is 0 Å². The van der Waals surface area contributed by atoms with Crippen molar-refractivity contribution in [2.75, 3.05) is 0 Å². The van der Waals surface area contributed by atoms with Gasteiger partial charge in [-0.25, -0.2) is 0 Å². The molecule has 3 nitrogen and oxygen atoms in total. The van der Waals surface area contributed by atoms with Crippen LogP contribution < -0.4 is 0 Å². The highest BCUT2D eigenvalue weighted by atomic mass is 31.2. The van der Waals surface area contributed by atoms with Crippen molar-refractivity contribution in [3.63, 3.8) is 0 Å². The normalized spacial score (nSPS) is 21.6. The minimum absolute atomic E-state index is 0.338. The van der Waals surface area contributed by atoms with Gasteiger partial charge in [-0.05, 0) is 178 Å². The lowest BCUT2D eigenvalue weighted by atomic mass is 9.60. The highest BCUT2D eigenvalue weighted by molar-refractivity contribution is 7.59. The summed E-state index contributed by atoms with van der Waals surface area (Å²) >= 11 is 0. The Kier molecular flexibility index (Phi) is 13.9. The molecule has 0 saturated heterocycles. The van der Waals surface area contributed by atoms with Gasteiger partial charge in [-0.15, -0.1) is 0 Å². The zero-order valence-electron chi connectivity index (χ0n) is 36.0. The molecule has 54 heavy (non-hydrogen) atoms. The Hall–Kier alpha value is -2.29. The first-order valence-corrected chi connectivity index (χ1v) is 23.6. The van der Waals surface area contributed by atoms with Gasteiger partial charge in [-0.1, -0.05) is 119 Å². The largest absolute Gasteiger partial charge is 0.406 e. The zero-order valence-corrected chi connectivity index (χ0v) is 36.9. The number of hydrogen-bond donors (Lipinski definition) is 3. The molecule has 1 fully saturated rings. The van der Waals surface area contributed by atoms with Crippen molar-refractivity contribution in [3.05, 3.63) is 93.0 Å². The summed E-state index contributed by atoms with van der Waals surface area (Å²) in [6, 6.07) is 20.3. The van der Waals surface area contributed by atoms with Crippen LogP contribution in [0.4, 0.5) is 0 Å². The van der Waals surface area contributed by atoms with E-state index in [1.165, 1.54) is 66.1 Å². The highest BCUT2D eigenvalue weighted by Gasteiger charge is 2.51. The fourth-order valence-electron chi connectivity index (χ4n) is 9.47. The summed E-state index contributed by atoms with van der Waals surface area (Å²) in [5, 5.41) is 5.46. The summed E-state index contributed by atoms with van der Waals surface area (Å²) < 4.78 is 0. The van der Waals surface area contributed by atoms with E-state index < -0.39 is 13.6 Å². The monoisotopic (exact) mass is 754 g/mol. The Balaban J connectivity index is 1.96. The fourth-order valence-corrected chi connectivity index (χ4v) is 10.4. The minimum Gasteiger partial charge on any atom is -0.193 e. The summed E-state index contributed by atoms with van der Waals surface area (Å²) in [4.78, 5) is 32.0. The molecule has 0 heterocycles. The first-order chi connectivity index (χ1) is 25.6. The van der Waals surface area contributed by atoms with Gasteiger partial charge in [-0.3, -0.25) is 0 Å². The lowest BCUT2D eigenvalue weighted by Crippen LogP contribution is -2.37. The van der Waals surface area contributed by atoms with Crippen LogP contribution in [0.2, 0.25) is 0 Å². The van der Waals surface area contributed by atoms with Crippen LogP contribution in [0.3, 0.4) is 0 Å². The fraction of sp³-hybridized carbons (Fsp3) is 0.600. The summed E-state index contributed by atoms with van der Waals surface area (Å²) in [5.41, 5.74) is 10.7. The van der Waals surface area contributed by atoms with E-state index in [1.54, 1.807) is 0 Å². The van der Waals surface area contributed by atoms with Gasteiger partial charge < -0.3 is 0 Å². The molecule has 4 aromatic carbocycles. The summed E-state index contributed by atoms with van der Waals surface area (Å²) in [7, 11) is -3.97. The third-order valence-electron chi connectivity index (χ3n) is 14.6. The van der Waals surface area contributed by atoms with Crippen molar-refractivity contribution in [1.82, 2.24) is 0 Å². The van der Waals surface area contributed by atoms with Crippen molar-refractivity contribution in [2.45, 2.75) is 194 Å². The van der Waals surface area contributed by atoms with Gasteiger partial charge >= 0.3 is 7.94 Å². The van der Waals surface area contributed by atoms with Gasteiger partial charge in [0.15, 0.2) is 5.66 Å². The van der Waals surface area contributed by atoms with Crippen LogP contribution in [0.15, 0.2) is 48.5 Å². The Morgan fingerprint density at radius 1 is 0.481 bits per heavy atom. The van der Waals surface area contributed by atoms with E-state index in [-0.39, 0.29) is 5.41 Å². The average Bonchev–Trinajstić information content (AvgIpc) is 3.19. The Bertz CT molecular complexity index is 1770. The van der Waals surface area contributed by atoms with Crippen molar-refractivity contribution >= 4 is 29.5 Å². The van der Waals surface area contributed by atoms with Gasteiger partial charge in [0.25, 0.3) is 0 Å². The van der Waals surface area contributed by atoms with Gasteiger partial charge in [-0.2, -0.15) is 14.7 Å². The van der Waals surface area contributed by atoms with E-state index in [0.717, 1.165) is 51.4 Å². The average molecular weight is 754 g/mol. The van der Waals surface area contributed by atoms with E-state index >= 15 is 0 Å². The predicted molar refractivity (Wildman–Crippen MR) is 237 cm³/mol. The molecule has 0 amide bonds. The van der Waals surface area contributed by atoms with Gasteiger partial charge in [0.1, 0.15) is 0 Å². The number of fused-ring (bicyclic) bond motifs is 2. The molecule has 6 unspecified atom stereocenters. The highest BCUT2D eigenvalue weighted by Crippen LogP contribution is 2.61. The molecule has 6 atom stereocenters. The van der Waals surface area contributed by atoms with E-state index in [4.69, 9.17) is 0 Å². The molecule has 0 aliphatic heterocycles. The molecule has 1 saturated carbocycles. The van der Waals surface area contributed by atoms with E-state index in [2.05, 4.69) is 132 Å². The number of benzene rings is 4. The van der Waals surface area contributed by atoms with Crippen LogP contribution in [0.1, 0.15) is 227 Å². The first-order valence-electron chi connectivity index (χ1n) is 21.9. The second-order valence-electron chi connectivity index (χ2n) is 17.8. The molecular formula is C50H74O3P+. The van der Waals surface area contributed by atoms with Gasteiger partial charge in [0.2, 0.25) is 0 Å². The summed E-state index contributed by atoms with van der Waals surface area (Å²) in [6.45, 7) is 28.2. The quantitative estimate of drug-likeness (QED) is 0.106. The van der Waals surface area contributed by atoms with Crippen molar-refractivity contribution in [2.24, 2.45) is 0 Å². The molecule has 3 N–H and O–H groups in total. The Labute approximate surface area is 330 Å². The molecule has 0 aromatic heterocycles. The van der Waals surface area contributed by atoms with E-state index in [1.807, 2.05) is 0 Å². The van der Waals surface area contributed by atoms with Crippen LogP contribution in [-0.4, -0.2) is 20.3 Å². The standard InChI is InChI=1S/C50H74O3P/c1-13-31(7)37-23-39-27-44(35(11)17-5)48(29-46(39)42(25-37)33(9)15-3)50(21-19-41(20-22-50)54(51,52)53)49-30-47-40(28-45(49)36(12)18-6)24-38(32(8)14-2)26-43(47)34(10)16-4/h23-36,41,51-53H,13-22H2,1-12H3/q+1. The lowest BCUT2D eigenvalue weighted by Gasteiger charge is -2.44. The molecule has 4 heteroatoms.